The Kier molecular flexibility index (Phi) is 5.20. The zero-order valence-corrected chi connectivity index (χ0v) is 17.4. The molecule has 2 aromatic rings. The Morgan fingerprint density at radius 1 is 1.41 bits per heavy atom. The van der Waals surface area contributed by atoms with Crippen molar-refractivity contribution in [2.24, 2.45) is 11.8 Å². The summed E-state index contributed by atoms with van der Waals surface area (Å²) in [7, 11) is 0. The van der Waals surface area contributed by atoms with Crippen molar-refractivity contribution in [1.29, 1.82) is 0 Å². The van der Waals surface area contributed by atoms with Crippen LogP contribution in [0.25, 0.3) is 10.4 Å². The van der Waals surface area contributed by atoms with Gasteiger partial charge in [0.2, 0.25) is 5.91 Å². The molecule has 29 heavy (non-hydrogen) atoms. The van der Waals surface area contributed by atoms with Gasteiger partial charge in [-0.2, -0.15) is 0 Å². The maximum Gasteiger partial charge on any atom is 0.352 e. The lowest BCUT2D eigenvalue weighted by molar-refractivity contribution is -0.163. The molecule has 1 amide bonds. The Morgan fingerprint density at radius 2 is 2.14 bits per heavy atom. The van der Waals surface area contributed by atoms with E-state index < -0.39 is 24.1 Å². The number of fused-ring (bicyclic) bond motifs is 2. The smallest absolute Gasteiger partial charge is 0.352 e. The van der Waals surface area contributed by atoms with Crippen LogP contribution in [0.5, 0.6) is 0 Å². The lowest BCUT2D eigenvalue weighted by atomic mass is 9.77. The first-order chi connectivity index (χ1) is 13.8. The number of carbonyl (C=O) groups is 2. The van der Waals surface area contributed by atoms with E-state index in [1.54, 1.807) is 23.8 Å². The molecule has 0 bridgehead atoms. The van der Waals surface area contributed by atoms with Crippen LogP contribution in [0.3, 0.4) is 0 Å². The summed E-state index contributed by atoms with van der Waals surface area (Å²) in [5, 5.41) is 39.0. The normalized spacial score (nSPS) is 26.0. The van der Waals surface area contributed by atoms with Gasteiger partial charge in [-0.05, 0) is 6.92 Å². The maximum absolute atomic E-state index is 12.5. The molecule has 2 aliphatic heterocycles. The molecule has 0 aliphatic carbocycles. The van der Waals surface area contributed by atoms with Gasteiger partial charge in [-0.25, -0.2) is 9.78 Å². The molecular formula is C18H21N3O6S2. The molecule has 0 radical (unpaired) electrons. The van der Waals surface area contributed by atoms with Crippen LogP contribution in [-0.4, -0.2) is 77.2 Å². The Labute approximate surface area is 174 Å². The fraction of sp³-hybridized carbons (Fsp3) is 0.500. The Morgan fingerprint density at radius 3 is 2.76 bits per heavy atom. The number of imidazole rings is 1. The summed E-state index contributed by atoms with van der Waals surface area (Å²) >= 11 is 2.68. The van der Waals surface area contributed by atoms with Crippen molar-refractivity contribution in [1.82, 2.24) is 14.3 Å². The van der Waals surface area contributed by atoms with Gasteiger partial charge in [0.15, 0.2) is 0 Å². The molecule has 0 unspecified atom stereocenters. The van der Waals surface area contributed by atoms with Crippen molar-refractivity contribution < 1.29 is 30.0 Å². The van der Waals surface area contributed by atoms with Crippen LogP contribution in [-0.2, 0) is 9.59 Å². The monoisotopic (exact) mass is 439 g/mol. The van der Waals surface area contributed by atoms with E-state index in [4.69, 9.17) is 5.11 Å². The van der Waals surface area contributed by atoms with E-state index in [2.05, 4.69) is 4.98 Å². The van der Waals surface area contributed by atoms with E-state index in [0.29, 0.717) is 10.6 Å². The molecule has 4 rings (SSSR count). The minimum Gasteiger partial charge on any atom is -0.477 e. The third kappa shape index (κ3) is 3.08. The van der Waals surface area contributed by atoms with E-state index in [1.807, 2.05) is 6.92 Å². The summed E-state index contributed by atoms with van der Waals surface area (Å²) in [4.78, 5) is 31.6. The lowest BCUT2D eigenvalue weighted by Gasteiger charge is -2.46. The molecule has 11 heteroatoms. The van der Waals surface area contributed by atoms with Crippen molar-refractivity contribution in [2.45, 2.75) is 37.1 Å². The number of carboxylic acid groups (broad SMARTS) is 1. The van der Waals surface area contributed by atoms with E-state index in [-0.39, 0.29) is 35.9 Å². The number of aliphatic hydroxyl groups excluding tert-OH is 3. The Bertz CT molecular complexity index is 1010. The average Bonchev–Trinajstić information content (AvgIpc) is 3.29. The molecule has 2 aromatic heterocycles. The molecule has 0 saturated carbocycles. The Balaban J connectivity index is 1.72. The molecule has 9 nitrogen and oxygen atoms in total. The summed E-state index contributed by atoms with van der Waals surface area (Å²) in [6, 6.07) is -0.364. The quantitative estimate of drug-likeness (QED) is 0.362. The zero-order chi connectivity index (χ0) is 21.0. The van der Waals surface area contributed by atoms with Crippen LogP contribution in [0.15, 0.2) is 23.2 Å². The zero-order valence-electron chi connectivity index (χ0n) is 15.7. The summed E-state index contributed by atoms with van der Waals surface area (Å²) < 4.78 is 1.79. The van der Waals surface area contributed by atoms with Gasteiger partial charge < -0.3 is 25.3 Å². The van der Waals surface area contributed by atoms with Gasteiger partial charge in [0.25, 0.3) is 0 Å². The minimum atomic E-state index is -1.16. The van der Waals surface area contributed by atoms with Gasteiger partial charge in [-0.3, -0.25) is 9.20 Å². The van der Waals surface area contributed by atoms with Crippen molar-refractivity contribution in [3.63, 3.8) is 0 Å². The van der Waals surface area contributed by atoms with E-state index in [9.17, 15) is 24.9 Å². The van der Waals surface area contributed by atoms with Gasteiger partial charge in [-0.1, -0.05) is 6.92 Å². The summed E-state index contributed by atoms with van der Waals surface area (Å²) in [6.45, 7) is 3.10. The van der Waals surface area contributed by atoms with Crippen LogP contribution in [0, 0.1) is 11.8 Å². The van der Waals surface area contributed by atoms with Gasteiger partial charge in [0.05, 0.1) is 35.7 Å². The first-order valence-electron chi connectivity index (χ1n) is 9.13. The molecule has 1 fully saturated rings. The average molecular weight is 440 g/mol. The van der Waals surface area contributed by atoms with Gasteiger partial charge in [0, 0.05) is 23.4 Å². The first kappa shape index (κ1) is 20.4. The molecule has 5 atom stereocenters. The van der Waals surface area contributed by atoms with Crippen molar-refractivity contribution in [3.8, 4) is 0 Å². The summed E-state index contributed by atoms with van der Waals surface area (Å²) in [6.07, 6.45) is 1.72. The first-order valence-corrected chi connectivity index (χ1v) is 10.9. The summed E-state index contributed by atoms with van der Waals surface area (Å²) in [5.41, 5.74) is 0.561. The molecule has 0 aromatic carbocycles. The fourth-order valence-corrected chi connectivity index (χ4v) is 6.34. The van der Waals surface area contributed by atoms with E-state index in [0.717, 1.165) is 9.71 Å². The molecule has 156 valence electrons. The third-order valence-electron chi connectivity index (χ3n) is 5.44. The molecule has 4 heterocycles. The number of aliphatic hydroxyl groups is 3. The lowest BCUT2D eigenvalue weighted by Crippen LogP contribution is -2.63. The van der Waals surface area contributed by atoms with Crippen molar-refractivity contribution >= 4 is 45.4 Å². The number of hydrogen-bond donors (Lipinski definition) is 4. The number of β-lactam (4-membered cyclic amide) rings is 1. The number of carboxylic acids is 1. The molecule has 1 saturated heterocycles. The highest BCUT2D eigenvalue weighted by molar-refractivity contribution is 7.99. The van der Waals surface area contributed by atoms with E-state index >= 15 is 0 Å². The van der Waals surface area contributed by atoms with Crippen LogP contribution in [0.1, 0.15) is 18.7 Å². The maximum atomic E-state index is 12.5. The Hall–Kier alpha value is -1.92. The van der Waals surface area contributed by atoms with Crippen LogP contribution < -0.4 is 0 Å². The number of rotatable bonds is 7. The second kappa shape index (κ2) is 7.40. The molecule has 4 N–H and O–H groups in total. The van der Waals surface area contributed by atoms with Gasteiger partial charge in [-0.15, -0.1) is 23.1 Å². The third-order valence-corrected chi connectivity index (χ3v) is 7.84. The second-order valence-electron chi connectivity index (χ2n) is 7.33. The predicted octanol–water partition coefficient (Wildman–Crippen LogP) is 0.494. The predicted molar refractivity (Wildman–Crippen MR) is 106 cm³/mol. The highest BCUT2D eigenvalue weighted by Gasteiger charge is 2.60. The molecule has 0 spiro atoms. The number of aromatic nitrogens is 2. The molecule has 2 aliphatic rings. The van der Waals surface area contributed by atoms with E-state index in [1.165, 1.54) is 28.0 Å². The van der Waals surface area contributed by atoms with Crippen molar-refractivity contribution in [3.05, 3.63) is 23.1 Å². The van der Waals surface area contributed by atoms with Gasteiger partial charge >= 0.3 is 5.97 Å². The highest BCUT2D eigenvalue weighted by Crippen LogP contribution is 2.51. The SMILES string of the molecule is C[C@@H](O)[C@H]1C(=O)N2C(C(=O)O)=C(c3cn4cnc(SC[C@H](O)CO)c4s3)[C@H](C)[C@H]12. The van der Waals surface area contributed by atoms with Crippen LogP contribution >= 0.6 is 23.1 Å². The van der Waals surface area contributed by atoms with Gasteiger partial charge in [0.1, 0.15) is 21.9 Å². The number of nitrogens with zero attached hydrogens (tertiary/aromatic N) is 3. The molecular weight excluding hydrogens is 418 g/mol. The second-order valence-corrected chi connectivity index (χ2v) is 9.37. The minimum absolute atomic E-state index is 0.0215. The number of thioether (sulfide) groups is 1. The highest BCUT2D eigenvalue weighted by atomic mass is 32.2. The standard InChI is InChI=1S/C18H21N3O6S2/c1-7-11(14(18(26)27)21-13(7)12(8(2)23)16(21)25)10-3-20-6-19-15(17(20)29-10)28-5-9(24)4-22/h3,6-9,12-13,22-24H,4-5H2,1-2H3,(H,26,27)/t7-,8+,9+,12+,13+/m0/s1. The van der Waals surface area contributed by atoms with Crippen LogP contribution in [0.2, 0.25) is 0 Å². The fourth-order valence-electron chi connectivity index (χ4n) is 4.12. The topological polar surface area (TPSA) is 136 Å². The number of amides is 1. The number of thiazole rings is 1. The van der Waals surface area contributed by atoms with Crippen molar-refractivity contribution in [2.75, 3.05) is 12.4 Å². The van der Waals surface area contributed by atoms with Crippen LogP contribution in [0.4, 0.5) is 0 Å². The number of carbonyl (C=O) groups excluding carboxylic acids is 1. The number of aliphatic carboxylic acids is 1. The largest absolute Gasteiger partial charge is 0.477 e. The number of hydrogen-bond acceptors (Lipinski definition) is 8. The summed E-state index contributed by atoms with van der Waals surface area (Å²) in [5.74, 6) is -2.07.